The Bertz CT molecular complexity index is 606. The second-order valence-electron chi connectivity index (χ2n) is 5.63. The number of guanidine groups is 1. The van der Waals surface area contributed by atoms with Crippen molar-refractivity contribution in [2.75, 3.05) is 6.54 Å². The molecule has 0 amide bonds. The summed E-state index contributed by atoms with van der Waals surface area (Å²) in [5.74, 6) is 0.862. The number of hydrogen-bond acceptors (Lipinski definition) is 3. The molecule has 1 aromatic carbocycles. The monoisotopic (exact) mass is 330 g/mol. The van der Waals surface area contributed by atoms with E-state index < -0.39 is 0 Å². The quantitative estimate of drug-likeness (QED) is 0.603. The van der Waals surface area contributed by atoms with Crippen molar-refractivity contribution in [2.45, 2.75) is 46.2 Å². The zero-order chi connectivity index (χ0) is 16.5. The highest BCUT2D eigenvalue weighted by atomic mass is 32.1. The molecule has 0 aliphatic heterocycles. The van der Waals surface area contributed by atoms with Crippen molar-refractivity contribution >= 4 is 17.3 Å². The van der Waals surface area contributed by atoms with E-state index in [1.807, 2.05) is 6.20 Å². The third-order valence-electron chi connectivity index (χ3n) is 3.48. The minimum absolute atomic E-state index is 0.367. The van der Waals surface area contributed by atoms with E-state index in [9.17, 15) is 0 Å². The van der Waals surface area contributed by atoms with Crippen molar-refractivity contribution in [1.82, 2.24) is 15.6 Å². The lowest BCUT2D eigenvalue weighted by molar-refractivity contribution is 0.593. The van der Waals surface area contributed by atoms with Crippen molar-refractivity contribution < 1.29 is 0 Å². The van der Waals surface area contributed by atoms with Crippen LogP contribution in [0.2, 0.25) is 0 Å². The van der Waals surface area contributed by atoms with Crippen LogP contribution < -0.4 is 10.6 Å². The maximum atomic E-state index is 4.63. The van der Waals surface area contributed by atoms with Crippen LogP contribution in [0.25, 0.3) is 0 Å². The van der Waals surface area contributed by atoms with Gasteiger partial charge in [-0.3, -0.25) is 0 Å². The van der Waals surface area contributed by atoms with Gasteiger partial charge in [0.1, 0.15) is 5.01 Å². The van der Waals surface area contributed by atoms with Gasteiger partial charge in [-0.15, -0.1) is 11.3 Å². The van der Waals surface area contributed by atoms with E-state index >= 15 is 0 Å². The van der Waals surface area contributed by atoms with Crippen LogP contribution in [0.3, 0.4) is 0 Å². The molecule has 5 heteroatoms. The normalized spacial score (nSPS) is 12.9. The molecule has 0 aliphatic rings. The topological polar surface area (TPSA) is 49.3 Å². The largest absolute Gasteiger partial charge is 0.357 e. The Labute approximate surface area is 143 Å². The third-order valence-corrected chi connectivity index (χ3v) is 4.38. The van der Waals surface area contributed by atoms with E-state index in [1.54, 1.807) is 11.3 Å². The Morgan fingerprint density at radius 1 is 1.30 bits per heavy atom. The Morgan fingerprint density at radius 2 is 2.09 bits per heavy atom. The molecule has 124 valence electrons. The molecular formula is C18H26N4S. The first-order chi connectivity index (χ1) is 11.2. The molecular weight excluding hydrogens is 304 g/mol. The fourth-order valence-electron chi connectivity index (χ4n) is 2.27. The minimum Gasteiger partial charge on any atom is -0.357 e. The summed E-state index contributed by atoms with van der Waals surface area (Å²) in [6.07, 6.45) is 4.04. The second-order valence-corrected chi connectivity index (χ2v) is 6.95. The fraction of sp³-hybridized carbons (Fsp3) is 0.444. The maximum absolute atomic E-state index is 4.63. The van der Waals surface area contributed by atoms with E-state index in [4.69, 9.17) is 0 Å². The zero-order valence-corrected chi connectivity index (χ0v) is 15.0. The summed E-state index contributed by atoms with van der Waals surface area (Å²) in [6, 6.07) is 11.0. The Kier molecular flexibility index (Phi) is 7.07. The summed E-state index contributed by atoms with van der Waals surface area (Å²) in [5.41, 5.74) is 1.38. The number of aromatic nitrogens is 1. The van der Waals surface area contributed by atoms with Crippen LogP contribution in [-0.2, 0) is 13.0 Å². The van der Waals surface area contributed by atoms with Gasteiger partial charge in [-0.05, 0) is 39.2 Å². The van der Waals surface area contributed by atoms with Gasteiger partial charge in [0.05, 0.1) is 6.54 Å². The van der Waals surface area contributed by atoms with Gasteiger partial charge in [-0.25, -0.2) is 9.98 Å². The molecule has 0 radical (unpaired) electrons. The summed E-state index contributed by atoms with van der Waals surface area (Å²) >= 11 is 1.70. The van der Waals surface area contributed by atoms with Crippen molar-refractivity contribution in [3.63, 3.8) is 0 Å². The molecule has 1 aromatic heterocycles. The molecule has 1 heterocycles. The van der Waals surface area contributed by atoms with Gasteiger partial charge in [0.15, 0.2) is 5.96 Å². The summed E-state index contributed by atoms with van der Waals surface area (Å²) < 4.78 is 0. The van der Waals surface area contributed by atoms with Crippen molar-refractivity contribution in [3.8, 4) is 0 Å². The molecule has 1 unspecified atom stereocenters. The fourth-order valence-corrected chi connectivity index (χ4v) is 2.99. The highest BCUT2D eigenvalue weighted by Gasteiger charge is 2.06. The van der Waals surface area contributed by atoms with E-state index in [0.717, 1.165) is 30.4 Å². The Balaban J connectivity index is 1.84. The zero-order valence-electron chi connectivity index (χ0n) is 14.2. The molecule has 1 atom stereocenters. The number of thiazole rings is 1. The first-order valence-electron chi connectivity index (χ1n) is 8.17. The molecule has 4 nitrogen and oxygen atoms in total. The van der Waals surface area contributed by atoms with Crippen molar-refractivity contribution in [1.29, 1.82) is 0 Å². The highest BCUT2D eigenvalue weighted by Crippen LogP contribution is 2.12. The number of nitrogens with zero attached hydrogens (tertiary/aromatic N) is 2. The van der Waals surface area contributed by atoms with Crippen LogP contribution in [0.5, 0.6) is 0 Å². The average molecular weight is 331 g/mol. The SMILES string of the molecule is CCNC(=NCc1ncc(C)s1)NC(C)CCc1ccccc1. The van der Waals surface area contributed by atoms with E-state index in [0.29, 0.717) is 12.6 Å². The van der Waals surface area contributed by atoms with Gasteiger partial charge in [-0.2, -0.15) is 0 Å². The summed E-state index contributed by atoms with van der Waals surface area (Å²) in [6.45, 7) is 7.83. The smallest absolute Gasteiger partial charge is 0.191 e. The average Bonchev–Trinajstić information content (AvgIpc) is 2.97. The molecule has 2 rings (SSSR count). The molecule has 0 saturated carbocycles. The lowest BCUT2D eigenvalue weighted by atomic mass is 10.1. The van der Waals surface area contributed by atoms with Crippen LogP contribution in [0.4, 0.5) is 0 Å². The molecule has 2 N–H and O–H groups in total. The summed E-state index contributed by atoms with van der Waals surface area (Å²) in [5, 5.41) is 7.84. The molecule has 0 saturated heterocycles. The molecule has 23 heavy (non-hydrogen) atoms. The predicted molar refractivity (Wildman–Crippen MR) is 99.0 cm³/mol. The first-order valence-corrected chi connectivity index (χ1v) is 8.99. The third kappa shape index (κ3) is 6.40. The van der Waals surface area contributed by atoms with Crippen LogP contribution in [-0.4, -0.2) is 23.5 Å². The Morgan fingerprint density at radius 3 is 2.74 bits per heavy atom. The van der Waals surface area contributed by atoms with Gasteiger partial charge in [0.25, 0.3) is 0 Å². The lowest BCUT2D eigenvalue weighted by Crippen LogP contribution is -2.42. The first kappa shape index (κ1) is 17.5. The van der Waals surface area contributed by atoms with Crippen LogP contribution >= 0.6 is 11.3 Å². The van der Waals surface area contributed by atoms with E-state index in [2.05, 4.69) is 71.7 Å². The van der Waals surface area contributed by atoms with Gasteiger partial charge in [0.2, 0.25) is 0 Å². The summed E-state index contributed by atoms with van der Waals surface area (Å²) in [7, 11) is 0. The Hall–Kier alpha value is -1.88. The summed E-state index contributed by atoms with van der Waals surface area (Å²) in [4.78, 5) is 10.2. The van der Waals surface area contributed by atoms with Crippen LogP contribution in [0.1, 0.15) is 35.7 Å². The second kappa shape index (κ2) is 9.30. The van der Waals surface area contributed by atoms with Gasteiger partial charge in [0, 0.05) is 23.7 Å². The number of nitrogens with one attached hydrogen (secondary N) is 2. The molecule has 2 aromatic rings. The number of aryl methyl sites for hydroxylation is 2. The minimum atomic E-state index is 0.367. The van der Waals surface area contributed by atoms with Crippen LogP contribution in [0, 0.1) is 6.92 Å². The maximum Gasteiger partial charge on any atom is 0.191 e. The van der Waals surface area contributed by atoms with Gasteiger partial charge in [-0.1, -0.05) is 30.3 Å². The molecule has 0 fully saturated rings. The lowest BCUT2D eigenvalue weighted by Gasteiger charge is -2.17. The predicted octanol–water partition coefficient (Wildman–Crippen LogP) is 3.53. The highest BCUT2D eigenvalue weighted by molar-refractivity contribution is 7.11. The van der Waals surface area contributed by atoms with Crippen molar-refractivity contribution in [2.24, 2.45) is 4.99 Å². The van der Waals surface area contributed by atoms with Gasteiger partial charge < -0.3 is 10.6 Å². The van der Waals surface area contributed by atoms with E-state index in [1.165, 1.54) is 10.4 Å². The molecule has 0 bridgehead atoms. The molecule has 0 spiro atoms. The number of rotatable bonds is 7. The standard InChI is InChI=1S/C18H26N4S/c1-4-19-18(21-13-17-20-12-15(3)23-17)22-14(2)10-11-16-8-6-5-7-9-16/h5-9,12,14H,4,10-11,13H2,1-3H3,(H2,19,21,22). The van der Waals surface area contributed by atoms with Crippen LogP contribution in [0.15, 0.2) is 41.5 Å². The van der Waals surface area contributed by atoms with Crippen molar-refractivity contribution in [3.05, 3.63) is 52.0 Å². The number of hydrogen-bond donors (Lipinski definition) is 2. The number of aliphatic imine (C=N–C) groups is 1. The van der Waals surface area contributed by atoms with Gasteiger partial charge >= 0.3 is 0 Å². The van der Waals surface area contributed by atoms with E-state index in [-0.39, 0.29) is 0 Å². The number of benzene rings is 1. The molecule has 0 aliphatic carbocycles.